The highest BCUT2D eigenvalue weighted by Gasteiger charge is 2.05. The van der Waals surface area contributed by atoms with Gasteiger partial charge in [0.15, 0.2) is 4.34 Å². The molecule has 3 heteroatoms. The highest BCUT2D eigenvalue weighted by Crippen LogP contribution is 2.33. The summed E-state index contributed by atoms with van der Waals surface area (Å²) < 4.78 is 1.09. The third kappa shape index (κ3) is 3.06. The Morgan fingerprint density at radius 3 is 2.42 bits per heavy atom. The third-order valence-electron chi connectivity index (χ3n) is 2.78. The molecule has 3 aromatic rings. The van der Waals surface area contributed by atoms with Crippen LogP contribution in [0.15, 0.2) is 69.2 Å². The van der Waals surface area contributed by atoms with Crippen molar-refractivity contribution in [2.24, 2.45) is 0 Å². The minimum atomic E-state index is 1.06. The van der Waals surface area contributed by atoms with E-state index in [4.69, 9.17) is 0 Å². The average Bonchev–Trinajstić information content (AvgIpc) is 2.91. The Kier molecular flexibility index (Phi) is 3.67. The average molecular weight is 283 g/mol. The fourth-order valence-electron chi connectivity index (χ4n) is 1.75. The molecule has 0 aliphatic rings. The number of benzene rings is 2. The molecule has 0 radical (unpaired) electrons. The van der Waals surface area contributed by atoms with Crippen molar-refractivity contribution in [3.63, 3.8) is 0 Å². The second kappa shape index (κ2) is 5.59. The summed E-state index contributed by atoms with van der Waals surface area (Å²) in [5.41, 5.74) is 3.52. The second-order valence-corrected chi connectivity index (χ2v) is 6.46. The number of thiazole rings is 1. The van der Waals surface area contributed by atoms with Crippen LogP contribution in [-0.2, 0) is 0 Å². The van der Waals surface area contributed by atoms with Crippen molar-refractivity contribution in [3.8, 4) is 11.3 Å². The lowest BCUT2D eigenvalue weighted by Gasteiger charge is -1.98. The topological polar surface area (TPSA) is 12.9 Å². The van der Waals surface area contributed by atoms with E-state index in [0.717, 1.165) is 10.0 Å². The van der Waals surface area contributed by atoms with Crippen LogP contribution in [0, 0.1) is 6.92 Å². The number of hydrogen-bond acceptors (Lipinski definition) is 3. The van der Waals surface area contributed by atoms with Crippen LogP contribution < -0.4 is 0 Å². The molecule has 0 amide bonds. The zero-order valence-corrected chi connectivity index (χ0v) is 12.2. The summed E-state index contributed by atoms with van der Waals surface area (Å²) in [6.45, 7) is 2.10. The highest BCUT2D eigenvalue weighted by molar-refractivity contribution is 8.01. The summed E-state index contributed by atoms with van der Waals surface area (Å²) in [5.74, 6) is 0. The summed E-state index contributed by atoms with van der Waals surface area (Å²) >= 11 is 3.41. The molecule has 0 saturated carbocycles. The van der Waals surface area contributed by atoms with Crippen LogP contribution >= 0.6 is 23.1 Å². The minimum Gasteiger partial charge on any atom is -0.229 e. The van der Waals surface area contributed by atoms with Gasteiger partial charge in [-0.1, -0.05) is 59.8 Å². The van der Waals surface area contributed by atoms with Gasteiger partial charge in [-0.25, -0.2) is 4.98 Å². The van der Waals surface area contributed by atoms with Gasteiger partial charge in [0.2, 0.25) is 0 Å². The minimum absolute atomic E-state index is 1.06. The van der Waals surface area contributed by atoms with E-state index in [9.17, 15) is 0 Å². The first kappa shape index (κ1) is 12.5. The van der Waals surface area contributed by atoms with Crippen LogP contribution in [0.5, 0.6) is 0 Å². The number of nitrogens with zero attached hydrogens (tertiary/aromatic N) is 1. The van der Waals surface area contributed by atoms with Crippen molar-refractivity contribution >= 4 is 23.1 Å². The summed E-state index contributed by atoms with van der Waals surface area (Å²) in [6, 6.07) is 18.8. The molecule has 0 saturated heterocycles. The van der Waals surface area contributed by atoms with Gasteiger partial charge in [-0.2, -0.15) is 0 Å². The molecule has 1 aromatic heterocycles. The largest absolute Gasteiger partial charge is 0.229 e. The monoisotopic (exact) mass is 283 g/mol. The van der Waals surface area contributed by atoms with Crippen LogP contribution in [0.25, 0.3) is 11.3 Å². The maximum absolute atomic E-state index is 4.68. The van der Waals surface area contributed by atoms with Gasteiger partial charge in [-0.15, -0.1) is 11.3 Å². The Morgan fingerprint density at radius 2 is 1.68 bits per heavy atom. The van der Waals surface area contributed by atoms with Crippen LogP contribution in [0.3, 0.4) is 0 Å². The van der Waals surface area contributed by atoms with Crippen molar-refractivity contribution in [1.82, 2.24) is 4.98 Å². The van der Waals surface area contributed by atoms with Crippen LogP contribution in [0.2, 0.25) is 0 Å². The van der Waals surface area contributed by atoms with Crippen molar-refractivity contribution in [3.05, 3.63) is 65.5 Å². The summed E-state index contributed by atoms with van der Waals surface area (Å²) in [4.78, 5) is 5.92. The van der Waals surface area contributed by atoms with Crippen LogP contribution in [-0.4, -0.2) is 4.98 Å². The van der Waals surface area contributed by atoms with Crippen molar-refractivity contribution in [2.75, 3.05) is 0 Å². The van der Waals surface area contributed by atoms with E-state index in [2.05, 4.69) is 53.7 Å². The molecule has 19 heavy (non-hydrogen) atoms. The molecule has 0 aliphatic heterocycles. The van der Waals surface area contributed by atoms with Gasteiger partial charge in [-0.05, 0) is 19.1 Å². The van der Waals surface area contributed by atoms with Gasteiger partial charge in [-0.3, -0.25) is 0 Å². The molecule has 0 spiro atoms. The first-order chi connectivity index (χ1) is 9.31. The quantitative estimate of drug-likeness (QED) is 0.649. The lowest BCUT2D eigenvalue weighted by atomic mass is 10.2. The molecule has 2 aromatic carbocycles. The van der Waals surface area contributed by atoms with Gasteiger partial charge in [0.25, 0.3) is 0 Å². The standard InChI is InChI=1S/C16H13NS2/c1-12-7-9-14(10-8-12)19-16-17-15(11-18-16)13-5-3-2-4-6-13/h2-11H,1H3. The Hall–Kier alpha value is -1.58. The molecule has 0 fully saturated rings. The molecule has 0 N–H and O–H groups in total. The SMILES string of the molecule is Cc1ccc(Sc2nc(-c3ccccc3)cs2)cc1. The number of rotatable bonds is 3. The summed E-state index contributed by atoms with van der Waals surface area (Å²) in [6.07, 6.45) is 0. The summed E-state index contributed by atoms with van der Waals surface area (Å²) in [5, 5.41) is 2.12. The lowest BCUT2D eigenvalue weighted by molar-refractivity contribution is 1.25. The molecule has 94 valence electrons. The maximum Gasteiger partial charge on any atom is 0.155 e. The van der Waals surface area contributed by atoms with Crippen molar-refractivity contribution in [2.45, 2.75) is 16.2 Å². The highest BCUT2D eigenvalue weighted by atomic mass is 32.2. The third-order valence-corrected chi connectivity index (χ3v) is 4.73. The Morgan fingerprint density at radius 1 is 0.947 bits per heavy atom. The smallest absolute Gasteiger partial charge is 0.155 e. The lowest BCUT2D eigenvalue weighted by Crippen LogP contribution is -1.77. The zero-order valence-electron chi connectivity index (χ0n) is 10.5. The zero-order chi connectivity index (χ0) is 13.1. The van der Waals surface area contributed by atoms with Gasteiger partial charge in [0.1, 0.15) is 0 Å². The van der Waals surface area contributed by atoms with Gasteiger partial charge in [0, 0.05) is 15.8 Å². The van der Waals surface area contributed by atoms with Crippen molar-refractivity contribution < 1.29 is 0 Å². The summed E-state index contributed by atoms with van der Waals surface area (Å²) in [7, 11) is 0. The number of hydrogen-bond donors (Lipinski definition) is 0. The number of aromatic nitrogens is 1. The van der Waals surface area contributed by atoms with E-state index in [1.807, 2.05) is 18.2 Å². The number of aryl methyl sites for hydroxylation is 1. The van der Waals surface area contributed by atoms with E-state index in [0.29, 0.717) is 0 Å². The molecule has 1 nitrogen and oxygen atoms in total. The molecule has 0 aliphatic carbocycles. The molecule has 0 bridgehead atoms. The molecule has 3 rings (SSSR count). The van der Waals surface area contributed by atoms with Gasteiger partial charge >= 0.3 is 0 Å². The van der Waals surface area contributed by atoms with Crippen molar-refractivity contribution in [1.29, 1.82) is 0 Å². The predicted molar refractivity (Wildman–Crippen MR) is 82.9 cm³/mol. The molecule has 0 atom stereocenters. The second-order valence-electron chi connectivity index (χ2n) is 4.28. The fourth-order valence-corrected chi connectivity index (χ4v) is 3.55. The molecular formula is C16H13NS2. The van der Waals surface area contributed by atoms with Gasteiger partial charge < -0.3 is 0 Å². The first-order valence-electron chi connectivity index (χ1n) is 6.07. The Bertz CT molecular complexity index is 657. The first-order valence-corrected chi connectivity index (χ1v) is 7.76. The predicted octanol–water partition coefficient (Wildman–Crippen LogP) is 5.27. The Labute approximate surface area is 121 Å². The maximum atomic E-state index is 4.68. The van der Waals surface area contributed by atoms with Gasteiger partial charge in [0.05, 0.1) is 5.69 Å². The Balaban J connectivity index is 1.80. The van der Waals surface area contributed by atoms with E-state index in [-0.39, 0.29) is 0 Å². The van der Waals surface area contributed by atoms with E-state index in [1.165, 1.54) is 16.0 Å². The normalized spacial score (nSPS) is 10.6. The van der Waals surface area contributed by atoms with Crippen LogP contribution in [0.4, 0.5) is 0 Å². The van der Waals surface area contributed by atoms with E-state index < -0.39 is 0 Å². The fraction of sp³-hybridized carbons (Fsp3) is 0.0625. The van der Waals surface area contributed by atoms with Crippen LogP contribution in [0.1, 0.15) is 5.56 Å². The molecule has 1 heterocycles. The van der Waals surface area contributed by atoms with E-state index >= 15 is 0 Å². The molecule has 0 unspecified atom stereocenters. The molecular weight excluding hydrogens is 270 g/mol. The van der Waals surface area contributed by atoms with E-state index in [1.54, 1.807) is 23.1 Å².